The summed E-state index contributed by atoms with van der Waals surface area (Å²) in [5.74, 6) is -1.16. The van der Waals surface area contributed by atoms with Crippen molar-refractivity contribution >= 4 is 15.9 Å². The van der Waals surface area contributed by atoms with E-state index in [2.05, 4.69) is 4.74 Å². The molecule has 1 aromatic rings. The van der Waals surface area contributed by atoms with Gasteiger partial charge in [0.1, 0.15) is 5.82 Å². The molecule has 1 fully saturated rings. The monoisotopic (exact) mass is 369 g/mol. The van der Waals surface area contributed by atoms with Gasteiger partial charge in [-0.15, -0.1) is 0 Å². The van der Waals surface area contributed by atoms with Gasteiger partial charge in [0.2, 0.25) is 0 Å². The largest absolute Gasteiger partial charge is 0.440 e. The molecule has 5 nitrogen and oxygen atoms in total. The van der Waals surface area contributed by atoms with E-state index in [9.17, 15) is 30.8 Å². The first-order valence-corrected chi connectivity index (χ1v) is 8.76. The van der Waals surface area contributed by atoms with Gasteiger partial charge in [-0.25, -0.2) is 17.6 Å². The smallest absolute Gasteiger partial charge is 0.422 e. The minimum Gasteiger partial charge on any atom is -0.440 e. The van der Waals surface area contributed by atoms with Crippen molar-refractivity contribution in [2.45, 2.75) is 17.8 Å². The minimum absolute atomic E-state index is 0.0111. The number of rotatable bonds is 2. The second-order valence-electron chi connectivity index (χ2n) is 5.32. The summed E-state index contributed by atoms with van der Waals surface area (Å²) in [6, 6.07) is 5.39. The van der Waals surface area contributed by atoms with Crippen LogP contribution < -0.4 is 0 Å². The molecule has 134 valence electrons. The number of amides is 1. The first kappa shape index (κ1) is 18.5. The van der Waals surface area contributed by atoms with Crippen molar-refractivity contribution in [1.29, 1.82) is 0 Å². The minimum atomic E-state index is -4.66. The molecule has 0 saturated carbocycles. The third-order valence-electron chi connectivity index (χ3n) is 3.61. The lowest BCUT2D eigenvalue weighted by atomic mass is 10.1. The fourth-order valence-electron chi connectivity index (χ4n) is 2.45. The van der Waals surface area contributed by atoms with Crippen molar-refractivity contribution in [3.05, 3.63) is 35.6 Å². The summed E-state index contributed by atoms with van der Waals surface area (Å²) in [7, 11) is -3.76. The molecule has 0 N–H and O–H groups in total. The van der Waals surface area contributed by atoms with Crippen LogP contribution in [-0.4, -0.2) is 51.0 Å². The van der Waals surface area contributed by atoms with Crippen LogP contribution in [-0.2, 0) is 14.6 Å². The molecule has 0 spiro atoms. The molecule has 0 aromatic heterocycles. The number of hydrogen-bond donors (Lipinski definition) is 0. The first-order valence-electron chi connectivity index (χ1n) is 7.04. The van der Waals surface area contributed by atoms with Crippen LogP contribution in [0.2, 0.25) is 0 Å². The average molecular weight is 369 g/mol. The molecule has 1 atom stereocenters. The van der Waals surface area contributed by atoms with Gasteiger partial charge in [-0.1, -0.05) is 18.2 Å². The zero-order chi connectivity index (χ0) is 18.0. The fraction of sp³-hybridized carbons (Fsp3) is 0.500. The van der Waals surface area contributed by atoms with E-state index in [1.54, 1.807) is 0 Å². The Morgan fingerprint density at radius 3 is 2.54 bits per heavy atom. The predicted octanol–water partition coefficient (Wildman–Crippen LogP) is 2.69. The predicted molar refractivity (Wildman–Crippen MR) is 76.5 cm³/mol. The number of carbonyl (C=O) groups is 1. The molecule has 0 bridgehead atoms. The van der Waals surface area contributed by atoms with Gasteiger partial charge in [0.05, 0.1) is 11.0 Å². The van der Waals surface area contributed by atoms with Crippen LogP contribution >= 0.6 is 0 Å². The number of carbonyl (C=O) groups excluding carboxylic acids is 1. The molecule has 0 aliphatic carbocycles. The maximum atomic E-state index is 13.9. The molecule has 1 heterocycles. The summed E-state index contributed by atoms with van der Waals surface area (Å²) in [5, 5.41) is -1.15. The maximum absolute atomic E-state index is 13.9. The standard InChI is InChI=1S/C14H15F4NO4S/c15-11-4-2-1-3-10(11)12-5-6-19(7-8-24(12,21)22)13(20)23-9-14(16,17)18/h1-4,12H,5-9H2/t12-/m0/s1. The Morgan fingerprint density at radius 1 is 1.25 bits per heavy atom. The van der Waals surface area contributed by atoms with Crippen molar-refractivity contribution in [2.24, 2.45) is 0 Å². The van der Waals surface area contributed by atoms with Gasteiger partial charge in [0, 0.05) is 18.7 Å². The lowest BCUT2D eigenvalue weighted by molar-refractivity contribution is -0.162. The molecule has 24 heavy (non-hydrogen) atoms. The van der Waals surface area contributed by atoms with E-state index in [0.29, 0.717) is 0 Å². The summed E-state index contributed by atoms with van der Waals surface area (Å²) < 4.78 is 78.9. The number of halogens is 4. The highest BCUT2D eigenvalue weighted by Crippen LogP contribution is 2.31. The van der Waals surface area contributed by atoms with Crippen LogP contribution in [0.4, 0.5) is 22.4 Å². The highest BCUT2D eigenvalue weighted by molar-refractivity contribution is 7.91. The van der Waals surface area contributed by atoms with E-state index < -0.39 is 45.5 Å². The second kappa shape index (κ2) is 6.96. The van der Waals surface area contributed by atoms with Gasteiger partial charge in [0.25, 0.3) is 0 Å². The van der Waals surface area contributed by atoms with Crippen molar-refractivity contribution in [3.8, 4) is 0 Å². The third-order valence-corrected chi connectivity index (χ3v) is 5.72. The fourth-order valence-corrected chi connectivity index (χ4v) is 4.25. The second-order valence-corrected chi connectivity index (χ2v) is 7.63. The van der Waals surface area contributed by atoms with Gasteiger partial charge in [-0.05, 0) is 12.5 Å². The highest BCUT2D eigenvalue weighted by Gasteiger charge is 2.36. The number of alkyl halides is 3. The van der Waals surface area contributed by atoms with Crippen LogP contribution in [0.1, 0.15) is 17.2 Å². The van der Waals surface area contributed by atoms with Crippen molar-refractivity contribution in [2.75, 3.05) is 25.4 Å². The van der Waals surface area contributed by atoms with E-state index in [0.717, 1.165) is 11.0 Å². The lowest BCUT2D eigenvalue weighted by Gasteiger charge is -2.20. The van der Waals surface area contributed by atoms with Crippen LogP contribution in [0.5, 0.6) is 0 Å². The zero-order valence-corrected chi connectivity index (χ0v) is 13.2. The number of hydrogen-bond acceptors (Lipinski definition) is 4. The molecule has 1 aromatic carbocycles. The van der Waals surface area contributed by atoms with Gasteiger partial charge in [-0.2, -0.15) is 13.2 Å². The van der Waals surface area contributed by atoms with E-state index >= 15 is 0 Å². The van der Waals surface area contributed by atoms with E-state index in [1.165, 1.54) is 18.2 Å². The van der Waals surface area contributed by atoms with Crippen molar-refractivity contribution < 1.29 is 35.5 Å². The van der Waals surface area contributed by atoms with Gasteiger partial charge in [-0.3, -0.25) is 0 Å². The summed E-state index contributed by atoms with van der Waals surface area (Å²) in [6.07, 6.45) is -6.02. The van der Waals surface area contributed by atoms with Crippen LogP contribution in [0.15, 0.2) is 24.3 Å². The topological polar surface area (TPSA) is 63.7 Å². The molecule has 0 radical (unpaired) electrons. The number of nitrogens with zero attached hydrogens (tertiary/aromatic N) is 1. The van der Waals surface area contributed by atoms with Crippen LogP contribution in [0.3, 0.4) is 0 Å². The highest BCUT2D eigenvalue weighted by atomic mass is 32.2. The SMILES string of the molecule is O=C(OCC(F)(F)F)N1CC[C@@H](c2ccccc2F)S(=O)(=O)CC1. The molecule has 1 saturated heterocycles. The molecule has 1 aliphatic heterocycles. The van der Waals surface area contributed by atoms with Crippen molar-refractivity contribution in [3.63, 3.8) is 0 Å². The molecular formula is C14H15F4NO4S. The molecule has 10 heteroatoms. The molecule has 1 amide bonds. The number of sulfone groups is 1. The Kier molecular flexibility index (Phi) is 5.36. The van der Waals surface area contributed by atoms with Crippen molar-refractivity contribution in [1.82, 2.24) is 4.90 Å². The van der Waals surface area contributed by atoms with Gasteiger partial charge in [0.15, 0.2) is 16.4 Å². The van der Waals surface area contributed by atoms with E-state index in [4.69, 9.17) is 0 Å². The Bertz CT molecular complexity index is 705. The quantitative estimate of drug-likeness (QED) is 0.752. The number of benzene rings is 1. The van der Waals surface area contributed by atoms with E-state index in [-0.39, 0.29) is 25.1 Å². The van der Waals surface area contributed by atoms with Crippen LogP contribution in [0.25, 0.3) is 0 Å². The first-order chi connectivity index (χ1) is 11.1. The Morgan fingerprint density at radius 2 is 1.92 bits per heavy atom. The average Bonchev–Trinajstić information content (AvgIpc) is 2.63. The Balaban J connectivity index is 2.12. The molecule has 2 rings (SSSR count). The Labute approximate surface area is 136 Å². The zero-order valence-electron chi connectivity index (χ0n) is 12.4. The number of ether oxygens (including phenoxy) is 1. The normalized spacial score (nSPS) is 21.2. The molecular weight excluding hydrogens is 354 g/mol. The maximum Gasteiger partial charge on any atom is 0.422 e. The third kappa shape index (κ3) is 4.59. The van der Waals surface area contributed by atoms with E-state index in [1.807, 2.05) is 0 Å². The van der Waals surface area contributed by atoms with Crippen LogP contribution in [0, 0.1) is 5.82 Å². The Hall–Kier alpha value is -1.84. The summed E-state index contributed by atoms with van der Waals surface area (Å²) in [5.41, 5.74) is -0.0111. The molecule has 0 unspecified atom stereocenters. The van der Waals surface area contributed by atoms with Gasteiger partial charge >= 0.3 is 12.3 Å². The lowest BCUT2D eigenvalue weighted by Crippen LogP contribution is -2.36. The summed E-state index contributed by atoms with van der Waals surface area (Å²) >= 11 is 0. The summed E-state index contributed by atoms with van der Waals surface area (Å²) in [4.78, 5) is 12.5. The molecule has 1 aliphatic rings. The summed E-state index contributed by atoms with van der Waals surface area (Å²) in [6.45, 7) is -2.19. The van der Waals surface area contributed by atoms with Gasteiger partial charge < -0.3 is 9.64 Å².